The predicted octanol–water partition coefficient (Wildman–Crippen LogP) is 3.76. The van der Waals surface area contributed by atoms with E-state index < -0.39 is 0 Å². The zero-order valence-electron chi connectivity index (χ0n) is 14.2. The highest BCUT2D eigenvalue weighted by Crippen LogP contribution is 2.47. The van der Waals surface area contributed by atoms with Crippen LogP contribution in [0.2, 0.25) is 0 Å². The summed E-state index contributed by atoms with van der Waals surface area (Å²) in [4.78, 5) is 13.8. The van der Waals surface area contributed by atoms with Gasteiger partial charge in [-0.15, -0.1) is 0 Å². The molecule has 3 rings (SSSR count). The Morgan fingerprint density at radius 3 is 2.83 bits per heavy atom. The fourth-order valence-electron chi connectivity index (χ4n) is 4.59. The van der Waals surface area contributed by atoms with Crippen LogP contribution < -0.4 is 0 Å². The van der Waals surface area contributed by atoms with E-state index in [2.05, 4.69) is 47.0 Å². The molecule has 4 atom stereocenters. The lowest BCUT2D eigenvalue weighted by molar-refractivity contribution is -0.134. The van der Waals surface area contributed by atoms with E-state index in [1.54, 1.807) is 6.08 Å². The van der Waals surface area contributed by atoms with Crippen molar-refractivity contribution in [2.75, 3.05) is 14.2 Å². The number of piperidine rings is 1. The summed E-state index contributed by atoms with van der Waals surface area (Å²) in [6, 6.07) is 12.4. The second kappa shape index (κ2) is 7.31. The molecule has 2 aliphatic heterocycles. The molecule has 2 aliphatic rings. The van der Waals surface area contributed by atoms with E-state index in [4.69, 9.17) is 0 Å². The summed E-state index contributed by atoms with van der Waals surface area (Å²) in [5.41, 5.74) is 1.49. The van der Waals surface area contributed by atoms with Crippen LogP contribution in [0.3, 0.4) is 0 Å². The summed E-state index contributed by atoms with van der Waals surface area (Å²) in [6.07, 6.45) is 9.51. The number of nitrogens with zero attached hydrogens (tertiary/aromatic N) is 1. The van der Waals surface area contributed by atoms with Crippen molar-refractivity contribution in [1.29, 1.82) is 0 Å². The van der Waals surface area contributed by atoms with Crippen molar-refractivity contribution in [2.45, 2.75) is 50.1 Å². The quantitative estimate of drug-likeness (QED) is 0.612. The maximum Gasteiger partial charge on any atom is 0.330 e. The maximum atomic E-state index is 11.2. The molecule has 3 nitrogen and oxygen atoms in total. The molecule has 4 unspecified atom stereocenters. The van der Waals surface area contributed by atoms with Gasteiger partial charge in [-0.3, -0.25) is 0 Å². The summed E-state index contributed by atoms with van der Waals surface area (Å²) < 4.78 is 4.66. The van der Waals surface area contributed by atoms with Crippen LogP contribution in [0, 0.1) is 5.92 Å². The Labute approximate surface area is 139 Å². The number of ether oxygens (including phenoxy) is 1. The molecule has 0 radical (unpaired) electrons. The Balaban J connectivity index is 1.72. The molecular weight excluding hydrogens is 286 g/mol. The average molecular weight is 313 g/mol. The van der Waals surface area contributed by atoms with Crippen molar-refractivity contribution in [1.82, 2.24) is 4.90 Å². The summed E-state index contributed by atoms with van der Waals surface area (Å²) in [5.74, 6) is 1.06. The second-order valence-corrected chi connectivity index (χ2v) is 6.88. The van der Waals surface area contributed by atoms with Crippen LogP contribution in [0.4, 0.5) is 0 Å². The van der Waals surface area contributed by atoms with Crippen molar-refractivity contribution < 1.29 is 9.53 Å². The predicted molar refractivity (Wildman–Crippen MR) is 92.3 cm³/mol. The summed E-state index contributed by atoms with van der Waals surface area (Å²) >= 11 is 0. The van der Waals surface area contributed by atoms with Crippen LogP contribution in [0.25, 0.3) is 0 Å². The molecule has 2 fully saturated rings. The number of hydrogen-bond acceptors (Lipinski definition) is 3. The van der Waals surface area contributed by atoms with E-state index in [-0.39, 0.29) is 5.97 Å². The number of methoxy groups -OCH3 is 1. The van der Waals surface area contributed by atoms with Gasteiger partial charge in [-0.25, -0.2) is 4.79 Å². The van der Waals surface area contributed by atoms with Gasteiger partial charge in [0.15, 0.2) is 0 Å². The number of rotatable bonds is 5. The molecule has 0 aliphatic carbocycles. The zero-order valence-corrected chi connectivity index (χ0v) is 14.2. The molecule has 0 N–H and O–H groups in total. The van der Waals surface area contributed by atoms with E-state index in [1.807, 2.05) is 6.08 Å². The lowest BCUT2D eigenvalue weighted by atomic mass is 9.74. The topological polar surface area (TPSA) is 29.5 Å². The van der Waals surface area contributed by atoms with Gasteiger partial charge in [0.2, 0.25) is 0 Å². The fraction of sp³-hybridized carbons (Fsp3) is 0.550. The van der Waals surface area contributed by atoms with Gasteiger partial charge in [-0.1, -0.05) is 36.4 Å². The molecule has 2 heterocycles. The molecule has 0 aromatic heterocycles. The van der Waals surface area contributed by atoms with Crippen molar-refractivity contribution in [2.24, 2.45) is 5.92 Å². The van der Waals surface area contributed by atoms with E-state index in [9.17, 15) is 4.79 Å². The lowest BCUT2D eigenvalue weighted by Gasteiger charge is -2.43. The third kappa shape index (κ3) is 3.50. The van der Waals surface area contributed by atoms with Crippen LogP contribution >= 0.6 is 0 Å². The molecule has 0 amide bonds. The normalized spacial score (nSPS) is 30.7. The second-order valence-electron chi connectivity index (χ2n) is 6.88. The van der Waals surface area contributed by atoms with E-state index in [1.165, 1.54) is 31.9 Å². The first kappa shape index (κ1) is 16.3. The minimum absolute atomic E-state index is 0.258. The van der Waals surface area contributed by atoms with E-state index >= 15 is 0 Å². The Morgan fingerprint density at radius 1 is 1.30 bits per heavy atom. The number of carbonyl (C=O) groups is 1. The Morgan fingerprint density at radius 2 is 2.09 bits per heavy atom. The Bertz CT molecular complexity index is 554. The van der Waals surface area contributed by atoms with Crippen molar-refractivity contribution >= 4 is 5.97 Å². The monoisotopic (exact) mass is 313 g/mol. The SMILES string of the molecule is COC(=O)/C=C/CCC1C(c2ccccc2)CC2CCC1N2C. The molecular formula is C20H27NO2. The molecule has 2 saturated heterocycles. The van der Waals surface area contributed by atoms with Crippen LogP contribution in [0.5, 0.6) is 0 Å². The number of esters is 1. The van der Waals surface area contributed by atoms with Gasteiger partial charge in [0.05, 0.1) is 7.11 Å². The number of hydrogen-bond donors (Lipinski definition) is 0. The molecule has 2 bridgehead atoms. The van der Waals surface area contributed by atoms with Crippen molar-refractivity contribution in [3.05, 3.63) is 48.0 Å². The highest BCUT2D eigenvalue weighted by molar-refractivity contribution is 5.81. The number of benzene rings is 1. The zero-order chi connectivity index (χ0) is 16.2. The standard InChI is InChI=1S/C20H27NO2/c1-21-16-12-13-19(21)17(10-6-7-11-20(22)23-2)18(14-16)15-8-4-3-5-9-15/h3-5,7-9,11,16-19H,6,10,12-14H2,1-2H3/b11-7+. The Hall–Kier alpha value is -1.61. The van der Waals surface area contributed by atoms with Crippen molar-refractivity contribution in [3.63, 3.8) is 0 Å². The largest absolute Gasteiger partial charge is 0.466 e. The van der Waals surface area contributed by atoms with Gasteiger partial charge in [0, 0.05) is 18.2 Å². The smallest absolute Gasteiger partial charge is 0.330 e. The van der Waals surface area contributed by atoms with E-state index in [0.717, 1.165) is 18.9 Å². The van der Waals surface area contributed by atoms with Crippen LogP contribution in [0.15, 0.2) is 42.5 Å². The lowest BCUT2D eigenvalue weighted by Crippen LogP contribution is -2.45. The molecule has 3 heteroatoms. The highest BCUT2D eigenvalue weighted by atomic mass is 16.5. The van der Waals surface area contributed by atoms with Crippen LogP contribution in [-0.2, 0) is 9.53 Å². The summed E-state index contributed by atoms with van der Waals surface area (Å²) in [6.45, 7) is 0. The minimum Gasteiger partial charge on any atom is -0.466 e. The molecule has 124 valence electrons. The molecule has 23 heavy (non-hydrogen) atoms. The summed E-state index contributed by atoms with van der Waals surface area (Å²) in [5, 5.41) is 0. The number of fused-ring (bicyclic) bond motifs is 2. The third-order valence-corrected chi connectivity index (χ3v) is 5.78. The third-order valence-electron chi connectivity index (χ3n) is 5.78. The fourth-order valence-corrected chi connectivity index (χ4v) is 4.59. The van der Waals surface area contributed by atoms with E-state index in [0.29, 0.717) is 17.9 Å². The minimum atomic E-state index is -0.258. The van der Waals surface area contributed by atoms with Crippen LogP contribution in [-0.4, -0.2) is 37.1 Å². The first-order valence-corrected chi connectivity index (χ1v) is 8.72. The summed E-state index contributed by atoms with van der Waals surface area (Å²) in [7, 11) is 3.72. The van der Waals surface area contributed by atoms with Gasteiger partial charge in [0.1, 0.15) is 0 Å². The maximum absolute atomic E-state index is 11.2. The number of allylic oxidation sites excluding steroid dienone is 1. The average Bonchev–Trinajstić information content (AvgIpc) is 2.83. The Kier molecular flexibility index (Phi) is 5.16. The van der Waals surface area contributed by atoms with Crippen molar-refractivity contribution in [3.8, 4) is 0 Å². The van der Waals surface area contributed by atoms with Crippen LogP contribution in [0.1, 0.15) is 43.6 Å². The van der Waals surface area contributed by atoms with Gasteiger partial charge in [0.25, 0.3) is 0 Å². The molecule has 1 aromatic rings. The molecule has 0 saturated carbocycles. The highest BCUT2D eigenvalue weighted by Gasteiger charge is 2.45. The first-order chi connectivity index (χ1) is 11.2. The van der Waals surface area contributed by atoms with Gasteiger partial charge in [-0.05, 0) is 56.6 Å². The number of carbonyl (C=O) groups excluding carboxylic acids is 1. The first-order valence-electron chi connectivity index (χ1n) is 8.72. The van der Waals surface area contributed by atoms with Gasteiger partial charge >= 0.3 is 5.97 Å². The van der Waals surface area contributed by atoms with Gasteiger partial charge in [-0.2, -0.15) is 0 Å². The molecule has 1 aromatic carbocycles. The van der Waals surface area contributed by atoms with Gasteiger partial charge < -0.3 is 9.64 Å². The molecule has 0 spiro atoms.